The Hall–Kier alpha value is -6.90. The van der Waals surface area contributed by atoms with E-state index in [4.69, 9.17) is 0 Å². The van der Waals surface area contributed by atoms with Crippen molar-refractivity contribution in [1.82, 2.24) is 9.13 Å². The second kappa shape index (κ2) is 11.3. The molecule has 0 saturated heterocycles. The topological polar surface area (TPSA) is 9.86 Å². The smallest absolute Gasteiger partial charge is 0.0547 e. The van der Waals surface area contributed by atoms with E-state index in [0.29, 0.717) is 0 Å². The third kappa shape index (κ3) is 4.31. The van der Waals surface area contributed by atoms with Crippen molar-refractivity contribution in [2.75, 3.05) is 0 Å². The molecule has 0 bridgehead atoms. The minimum Gasteiger partial charge on any atom is -0.309 e. The van der Waals surface area contributed by atoms with Crippen LogP contribution in [0, 0.1) is 0 Å². The number of fused-ring (bicyclic) bond motifs is 10. The van der Waals surface area contributed by atoms with Gasteiger partial charge in [-0.15, -0.1) is 0 Å². The number of aromatic nitrogens is 2. The second-order valence-corrected chi connectivity index (χ2v) is 13.7. The predicted octanol–water partition coefficient (Wildman–Crippen LogP) is 13.5. The summed E-state index contributed by atoms with van der Waals surface area (Å²) in [4.78, 5) is 0. The fourth-order valence-electron chi connectivity index (χ4n) is 8.51. The van der Waals surface area contributed by atoms with Gasteiger partial charge < -0.3 is 9.13 Å². The summed E-state index contributed by atoms with van der Waals surface area (Å²) < 4.78 is 4.87. The van der Waals surface area contributed by atoms with Gasteiger partial charge in [-0.2, -0.15) is 0 Å². The summed E-state index contributed by atoms with van der Waals surface area (Å²) >= 11 is 0. The van der Waals surface area contributed by atoms with Crippen molar-refractivity contribution in [2.45, 2.75) is 0 Å². The summed E-state index contributed by atoms with van der Waals surface area (Å²) in [6, 6.07) is 71.0. The Kier molecular flexibility index (Phi) is 6.28. The normalized spacial score (nSPS) is 11.8. The van der Waals surface area contributed by atoms with Crippen molar-refractivity contribution in [3.8, 4) is 33.6 Å². The highest BCUT2D eigenvalue weighted by atomic mass is 15.0. The molecule has 0 fully saturated rings. The van der Waals surface area contributed by atoms with E-state index in [0.717, 1.165) is 11.4 Å². The summed E-state index contributed by atoms with van der Waals surface area (Å²) in [5.74, 6) is 0. The van der Waals surface area contributed by atoms with E-state index in [9.17, 15) is 0 Å². The molecule has 9 aromatic carbocycles. The molecule has 0 saturated carbocycles. The molecule has 0 N–H and O–H groups in total. The molecule has 0 amide bonds. The fourth-order valence-corrected chi connectivity index (χ4v) is 8.51. The van der Waals surface area contributed by atoms with Gasteiger partial charge in [0.05, 0.1) is 22.1 Å². The van der Waals surface area contributed by atoms with Crippen LogP contribution in [-0.2, 0) is 0 Å². The molecule has 0 aliphatic rings. The maximum Gasteiger partial charge on any atom is 0.0547 e. The van der Waals surface area contributed by atoms with E-state index in [2.05, 4.69) is 203 Å². The van der Waals surface area contributed by atoms with Crippen LogP contribution in [0.15, 0.2) is 194 Å². The van der Waals surface area contributed by atoms with Crippen molar-refractivity contribution in [3.63, 3.8) is 0 Å². The van der Waals surface area contributed by atoms with Gasteiger partial charge in [0.15, 0.2) is 0 Å². The second-order valence-electron chi connectivity index (χ2n) is 13.7. The summed E-state index contributed by atoms with van der Waals surface area (Å²) in [7, 11) is 0. The first kappa shape index (κ1) is 28.9. The van der Waals surface area contributed by atoms with Gasteiger partial charge in [0.1, 0.15) is 0 Å². The lowest BCUT2D eigenvalue weighted by Gasteiger charge is -2.12. The third-order valence-electron chi connectivity index (χ3n) is 10.9. The standard InChI is InChI=1S/C50H32N2/c1-2-11-33(12-3-1)34-21-26-39(27-22-34)51-45-20-9-8-19-43(45)44-28-23-38(32-48(44)51)37-15-10-16-40(31-37)52-46-29-24-35-13-4-6-17-41(35)49(46)50-42-18-7-5-14-36(42)25-30-47(50)52/h1-32H. The highest BCUT2D eigenvalue weighted by Gasteiger charge is 2.18. The molecular formula is C50H32N2. The Bertz CT molecular complexity index is 3070. The number of nitrogens with zero attached hydrogens (tertiary/aromatic N) is 2. The number of benzene rings is 9. The SMILES string of the molecule is c1ccc(-c2ccc(-n3c4ccccc4c4ccc(-c5cccc(-n6c7ccc8ccccc8c7c7c8ccccc8ccc76)c5)cc43)cc2)cc1. The van der Waals surface area contributed by atoms with E-state index >= 15 is 0 Å². The lowest BCUT2D eigenvalue weighted by molar-refractivity contribution is 1.18. The van der Waals surface area contributed by atoms with Gasteiger partial charge in [-0.05, 0) is 92.3 Å². The largest absolute Gasteiger partial charge is 0.309 e. The fraction of sp³-hybridized carbons (Fsp3) is 0. The number of para-hydroxylation sites is 1. The predicted molar refractivity (Wildman–Crippen MR) is 221 cm³/mol. The van der Waals surface area contributed by atoms with Gasteiger partial charge in [0, 0.05) is 32.9 Å². The van der Waals surface area contributed by atoms with Crippen molar-refractivity contribution < 1.29 is 0 Å². The average Bonchev–Trinajstić information content (AvgIpc) is 3.74. The molecule has 2 aromatic heterocycles. The molecule has 0 radical (unpaired) electrons. The summed E-state index contributed by atoms with van der Waals surface area (Å²) in [5, 5.41) is 10.2. The Morgan fingerprint density at radius 1 is 0.250 bits per heavy atom. The van der Waals surface area contributed by atoms with Crippen LogP contribution < -0.4 is 0 Å². The lowest BCUT2D eigenvalue weighted by Crippen LogP contribution is -1.95. The molecule has 2 heterocycles. The van der Waals surface area contributed by atoms with Crippen LogP contribution in [0.4, 0.5) is 0 Å². The van der Waals surface area contributed by atoms with Crippen molar-refractivity contribution in [2.24, 2.45) is 0 Å². The Morgan fingerprint density at radius 2 is 0.769 bits per heavy atom. The summed E-state index contributed by atoms with van der Waals surface area (Å²) in [6.45, 7) is 0. The monoisotopic (exact) mass is 660 g/mol. The maximum absolute atomic E-state index is 2.46. The molecule has 11 rings (SSSR count). The van der Waals surface area contributed by atoms with E-state index in [-0.39, 0.29) is 0 Å². The first-order valence-corrected chi connectivity index (χ1v) is 17.9. The first-order chi connectivity index (χ1) is 25.8. The number of rotatable bonds is 4. The highest BCUT2D eigenvalue weighted by molar-refractivity contribution is 6.28. The van der Waals surface area contributed by atoms with E-state index < -0.39 is 0 Å². The molecule has 52 heavy (non-hydrogen) atoms. The van der Waals surface area contributed by atoms with Crippen molar-refractivity contribution >= 4 is 65.2 Å². The van der Waals surface area contributed by atoms with Gasteiger partial charge in [-0.1, -0.05) is 146 Å². The molecule has 11 aromatic rings. The van der Waals surface area contributed by atoms with Crippen LogP contribution >= 0.6 is 0 Å². The lowest BCUT2D eigenvalue weighted by atomic mass is 10.00. The van der Waals surface area contributed by atoms with E-state index in [1.54, 1.807) is 0 Å². The minimum atomic E-state index is 1.15. The molecule has 0 atom stereocenters. The van der Waals surface area contributed by atoms with Crippen LogP contribution in [0.3, 0.4) is 0 Å². The van der Waals surface area contributed by atoms with Crippen molar-refractivity contribution in [1.29, 1.82) is 0 Å². The number of hydrogen-bond donors (Lipinski definition) is 0. The Balaban J connectivity index is 1.11. The summed E-state index contributed by atoms with van der Waals surface area (Å²) in [5.41, 5.74) is 12.0. The molecule has 242 valence electrons. The van der Waals surface area contributed by atoms with Crippen LogP contribution in [0.2, 0.25) is 0 Å². The number of hydrogen-bond acceptors (Lipinski definition) is 0. The summed E-state index contributed by atoms with van der Waals surface area (Å²) in [6.07, 6.45) is 0. The molecule has 0 unspecified atom stereocenters. The van der Waals surface area contributed by atoms with Gasteiger partial charge in [-0.3, -0.25) is 0 Å². The molecule has 0 aliphatic heterocycles. The first-order valence-electron chi connectivity index (χ1n) is 17.9. The Labute approximate surface area is 301 Å². The highest BCUT2D eigenvalue weighted by Crippen LogP contribution is 2.41. The zero-order chi connectivity index (χ0) is 34.2. The maximum atomic E-state index is 2.46. The minimum absolute atomic E-state index is 1.15. The van der Waals surface area contributed by atoms with Crippen LogP contribution in [0.1, 0.15) is 0 Å². The van der Waals surface area contributed by atoms with Crippen LogP contribution in [0.25, 0.3) is 98.8 Å². The van der Waals surface area contributed by atoms with Gasteiger partial charge in [0.2, 0.25) is 0 Å². The van der Waals surface area contributed by atoms with E-state index in [1.807, 2.05) is 0 Å². The zero-order valence-corrected chi connectivity index (χ0v) is 28.4. The van der Waals surface area contributed by atoms with Crippen molar-refractivity contribution in [3.05, 3.63) is 194 Å². The van der Waals surface area contributed by atoms with E-state index in [1.165, 1.54) is 87.4 Å². The molecule has 2 nitrogen and oxygen atoms in total. The van der Waals surface area contributed by atoms with Gasteiger partial charge in [0.25, 0.3) is 0 Å². The van der Waals surface area contributed by atoms with Crippen LogP contribution in [-0.4, -0.2) is 9.13 Å². The zero-order valence-electron chi connectivity index (χ0n) is 28.4. The Morgan fingerprint density at radius 3 is 1.48 bits per heavy atom. The van der Waals surface area contributed by atoms with Crippen LogP contribution in [0.5, 0.6) is 0 Å². The quantitative estimate of drug-likeness (QED) is 0.178. The molecular weight excluding hydrogens is 629 g/mol. The third-order valence-corrected chi connectivity index (χ3v) is 10.9. The average molecular weight is 661 g/mol. The molecule has 0 spiro atoms. The van der Waals surface area contributed by atoms with Gasteiger partial charge in [-0.25, -0.2) is 0 Å². The molecule has 2 heteroatoms. The van der Waals surface area contributed by atoms with Gasteiger partial charge >= 0.3 is 0 Å². The molecule has 0 aliphatic carbocycles.